The van der Waals surface area contributed by atoms with E-state index in [1.54, 1.807) is 56.3 Å². The largest absolute Gasteiger partial charge is 0.465 e. The molecule has 0 saturated heterocycles. The Kier molecular flexibility index (Phi) is 13.3. The molecule has 0 aliphatic carbocycles. The molecular weight excluding hydrogens is 460 g/mol. The van der Waals surface area contributed by atoms with Gasteiger partial charge in [0, 0.05) is 17.5 Å². The summed E-state index contributed by atoms with van der Waals surface area (Å²) < 4.78 is 9.72. The summed E-state index contributed by atoms with van der Waals surface area (Å²) in [6.07, 6.45) is 2.28. The van der Waals surface area contributed by atoms with Crippen molar-refractivity contribution < 1.29 is 33.4 Å². The van der Waals surface area contributed by atoms with Gasteiger partial charge in [0.05, 0.1) is 13.2 Å². The van der Waals surface area contributed by atoms with E-state index in [1.165, 1.54) is 0 Å². The van der Waals surface area contributed by atoms with Gasteiger partial charge in [-0.15, -0.1) is 6.58 Å². The van der Waals surface area contributed by atoms with Gasteiger partial charge in [0.2, 0.25) is 0 Å². The van der Waals surface area contributed by atoms with Crippen molar-refractivity contribution in [3.05, 3.63) is 83.4 Å². The van der Waals surface area contributed by atoms with Crippen LogP contribution in [0, 0.1) is 25.7 Å². The number of Topliss-reactive ketones (excluding diaryl/α,β-unsaturated/α-hetero) is 2. The molecule has 0 saturated carbocycles. The Balaban J connectivity index is 0.000000360. The van der Waals surface area contributed by atoms with Crippen molar-refractivity contribution in [3.63, 3.8) is 0 Å². The molecule has 0 spiro atoms. The summed E-state index contributed by atoms with van der Waals surface area (Å²) in [6.45, 7) is 11.3. The molecule has 36 heavy (non-hydrogen) atoms. The van der Waals surface area contributed by atoms with Gasteiger partial charge in [-0.3, -0.25) is 19.2 Å². The van der Waals surface area contributed by atoms with Crippen molar-refractivity contribution in [3.8, 4) is 0 Å². The molecule has 0 N–H and O–H groups in total. The zero-order valence-corrected chi connectivity index (χ0v) is 21.3. The Hall–Kier alpha value is -3.87. The van der Waals surface area contributed by atoms with Crippen LogP contribution in [-0.4, -0.2) is 43.0 Å². The lowest BCUT2D eigenvalue weighted by Gasteiger charge is -2.12. The summed E-state index contributed by atoms with van der Waals surface area (Å²) in [4.78, 5) is 58.2. The number of carbonyl (C=O) groups is 5. The summed E-state index contributed by atoms with van der Waals surface area (Å²) >= 11 is 0. The SMILES string of the molecule is C=CCC(C(=O)OCC)C(=O)c1ccc(C)cc1.CCOC(=O)C(CC=O)C(=O)c1ccc(C)cc1. The highest BCUT2D eigenvalue weighted by atomic mass is 16.5. The highest BCUT2D eigenvalue weighted by Crippen LogP contribution is 2.16. The highest BCUT2D eigenvalue weighted by Gasteiger charge is 2.29. The Morgan fingerprint density at radius 1 is 0.722 bits per heavy atom. The van der Waals surface area contributed by atoms with Gasteiger partial charge in [-0.05, 0) is 34.1 Å². The van der Waals surface area contributed by atoms with Gasteiger partial charge in [-0.2, -0.15) is 0 Å². The van der Waals surface area contributed by atoms with Crippen LogP contribution in [0.4, 0.5) is 0 Å². The minimum absolute atomic E-state index is 0.147. The zero-order valence-electron chi connectivity index (χ0n) is 21.3. The predicted octanol–water partition coefficient (Wildman–Crippen LogP) is 4.88. The van der Waals surface area contributed by atoms with E-state index in [0.29, 0.717) is 23.8 Å². The number of carbonyl (C=O) groups excluding carboxylic acids is 5. The number of allylic oxidation sites excluding steroid dienone is 1. The fourth-order valence-electron chi connectivity index (χ4n) is 3.21. The number of hydrogen-bond acceptors (Lipinski definition) is 7. The molecule has 0 fully saturated rings. The van der Waals surface area contributed by atoms with Crippen LogP contribution in [0.5, 0.6) is 0 Å². The molecule has 0 aromatic heterocycles. The van der Waals surface area contributed by atoms with Crippen molar-refractivity contribution in [2.24, 2.45) is 11.8 Å². The standard InChI is InChI=1S/C15H18O3.C14H16O4/c1-4-6-13(15(17)18-5-2)14(16)12-9-7-11(3)8-10-12;1-3-18-14(17)12(8-9-15)13(16)11-6-4-10(2)5-7-11/h4,7-10,13H,1,5-6H2,2-3H3;4-7,9,12H,3,8H2,1-2H3. The maximum Gasteiger partial charge on any atom is 0.317 e. The summed E-state index contributed by atoms with van der Waals surface area (Å²) in [5, 5.41) is 0. The van der Waals surface area contributed by atoms with Gasteiger partial charge in [0.1, 0.15) is 18.1 Å². The van der Waals surface area contributed by atoms with E-state index >= 15 is 0 Å². The van der Waals surface area contributed by atoms with Gasteiger partial charge >= 0.3 is 11.9 Å². The monoisotopic (exact) mass is 494 g/mol. The number of esters is 2. The molecule has 7 heteroatoms. The number of rotatable bonds is 12. The quantitative estimate of drug-likeness (QED) is 0.136. The number of benzene rings is 2. The number of aldehydes is 1. The third-order valence-electron chi connectivity index (χ3n) is 5.18. The third-order valence-corrected chi connectivity index (χ3v) is 5.18. The minimum Gasteiger partial charge on any atom is -0.465 e. The first-order valence-corrected chi connectivity index (χ1v) is 11.8. The average molecular weight is 495 g/mol. The second-order valence-electron chi connectivity index (χ2n) is 8.00. The maximum absolute atomic E-state index is 12.2. The molecule has 0 bridgehead atoms. The van der Waals surface area contributed by atoms with E-state index in [0.717, 1.165) is 11.1 Å². The topological polar surface area (TPSA) is 104 Å². The number of hydrogen-bond donors (Lipinski definition) is 0. The molecule has 2 aromatic rings. The normalized spacial score (nSPS) is 11.7. The van der Waals surface area contributed by atoms with Crippen LogP contribution >= 0.6 is 0 Å². The van der Waals surface area contributed by atoms with E-state index < -0.39 is 23.8 Å². The van der Waals surface area contributed by atoms with Crippen LogP contribution in [0.2, 0.25) is 0 Å². The molecule has 0 amide bonds. The molecule has 2 rings (SSSR count). The maximum atomic E-state index is 12.2. The highest BCUT2D eigenvalue weighted by molar-refractivity contribution is 6.10. The van der Waals surface area contributed by atoms with Crippen LogP contribution in [0.1, 0.15) is 58.5 Å². The van der Waals surface area contributed by atoms with Gasteiger partial charge in [0.25, 0.3) is 0 Å². The van der Waals surface area contributed by atoms with Gasteiger partial charge < -0.3 is 14.3 Å². The molecule has 0 aliphatic rings. The molecule has 2 aromatic carbocycles. The summed E-state index contributed by atoms with van der Waals surface area (Å²) in [5.74, 6) is -3.54. The molecule has 2 unspecified atom stereocenters. The fourth-order valence-corrected chi connectivity index (χ4v) is 3.21. The lowest BCUT2D eigenvalue weighted by Crippen LogP contribution is -2.26. The van der Waals surface area contributed by atoms with Gasteiger partial charge in [-0.25, -0.2) is 0 Å². The van der Waals surface area contributed by atoms with Crippen molar-refractivity contribution in [1.29, 1.82) is 0 Å². The predicted molar refractivity (Wildman–Crippen MR) is 137 cm³/mol. The summed E-state index contributed by atoms with van der Waals surface area (Å²) in [5.41, 5.74) is 3.04. The second-order valence-corrected chi connectivity index (χ2v) is 8.00. The third kappa shape index (κ3) is 9.41. The van der Waals surface area contributed by atoms with Gasteiger partial charge in [-0.1, -0.05) is 65.7 Å². The first-order valence-electron chi connectivity index (χ1n) is 11.8. The van der Waals surface area contributed by atoms with Crippen molar-refractivity contribution in [2.45, 2.75) is 40.5 Å². The van der Waals surface area contributed by atoms with E-state index in [4.69, 9.17) is 9.47 Å². The Morgan fingerprint density at radius 2 is 1.08 bits per heavy atom. The van der Waals surface area contributed by atoms with Crippen LogP contribution in [-0.2, 0) is 23.9 Å². The van der Waals surface area contributed by atoms with Crippen molar-refractivity contribution in [1.82, 2.24) is 0 Å². The second kappa shape index (κ2) is 15.9. The molecule has 0 heterocycles. The smallest absolute Gasteiger partial charge is 0.317 e. The molecule has 0 radical (unpaired) electrons. The zero-order chi connectivity index (χ0) is 27.1. The molecule has 0 aliphatic heterocycles. The summed E-state index contributed by atoms with van der Waals surface area (Å²) in [6, 6.07) is 14.0. The van der Waals surface area contributed by atoms with E-state index in [2.05, 4.69) is 6.58 Å². The first kappa shape index (κ1) is 30.2. The fraction of sp³-hybridized carbons (Fsp3) is 0.345. The first-order chi connectivity index (χ1) is 17.2. The lowest BCUT2D eigenvalue weighted by molar-refractivity contribution is -0.147. The van der Waals surface area contributed by atoms with Crippen LogP contribution in [0.25, 0.3) is 0 Å². The van der Waals surface area contributed by atoms with E-state index in [-0.39, 0.29) is 31.2 Å². The van der Waals surface area contributed by atoms with Crippen molar-refractivity contribution >= 4 is 29.8 Å². The van der Waals surface area contributed by atoms with E-state index in [9.17, 15) is 24.0 Å². The average Bonchev–Trinajstić information content (AvgIpc) is 2.86. The Bertz CT molecular complexity index is 951. The lowest BCUT2D eigenvalue weighted by atomic mass is 9.94. The number of ketones is 2. The van der Waals surface area contributed by atoms with Crippen LogP contribution in [0.15, 0.2) is 61.2 Å². The molecule has 192 valence electrons. The Morgan fingerprint density at radius 3 is 1.39 bits per heavy atom. The van der Waals surface area contributed by atoms with Gasteiger partial charge in [0.15, 0.2) is 11.6 Å². The Labute approximate surface area is 212 Å². The number of aryl methyl sites for hydroxylation is 2. The van der Waals surface area contributed by atoms with Crippen molar-refractivity contribution in [2.75, 3.05) is 13.2 Å². The van der Waals surface area contributed by atoms with Crippen LogP contribution < -0.4 is 0 Å². The summed E-state index contributed by atoms with van der Waals surface area (Å²) in [7, 11) is 0. The molecular formula is C29H34O7. The van der Waals surface area contributed by atoms with E-state index in [1.807, 2.05) is 26.0 Å². The van der Waals surface area contributed by atoms with Crippen LogP contribution in [0.3, 0.4) is 0 Å². The minimum atomic E-state index is -1.04. The molecule has 7 nitrogen and oxygen atoms in total. The molecule has 2 atom stereocenters. The number of ether oxygens (including phenoxy) is 2.